The molecule has 1 aromatic rings. The standard InChI is InChI=1S/C25H34F6O2/c1-3-5-16-7-9-17(10-8-16)20-13-14-21(22(23(20)26)24(27,28)29)33-25(30,31)18-11-12-19(6-4-2)32-15-18/h13-14,16-19H,3-12,15H2,1-2H3. The molecule has 1 aliphatic heterocycles. The molecule has 2 atom stereocenters. The van der Waals surface area contributed by atoms with Crippen LogP contribution in [0.1, 0.15) is 95.1 Å². The second kappa shape index (κ2) is 10.9. The van der Waals surface area contributed by atoms with E-state index in [9.17, 15) is 22.0 Å². The number of halogens is 6. The van der Waals surface area contributed by atoms with Crippen LogP contribution in [0.4, 0.5) is 26.3 Å². The molecule has 2 fully saturated rings. The third kappa shape index (κ3) is 6.37. The van der Waals surface area contributed by atoms with Crippen LogP contribution in [0.25, 0.3) is 0 Å². The van der Waals surface area contributed by atoms with Gasteiger partial charge in [0, 0.05) is 0 Å². The predicted molar refractivity (Wildman–Crippen MR) is 114 cm³/mol. The molecule has 2 nitrogen and oxygen atoms in total. The molecule has 2 unspecified atom stereocenters. The average molecular weight is 481 g/mol. The Balaban J connectivity index is 1.79. The second-order valence-electron chi connectivity index (χ2n) is 9.53. The fraction of sp³-hybridized carbons (Fsp3) is 0.760. The van der Waals surface area contributed by atoms with Crippen molar-refractivity contribution in [3.05, 3.63) is 29.1 Å². The summed E-state index contributed by atoms with van der Waals surface area (Å²) in [6.07, 6.45) is -2.21. The van der Waals surface area contributed by atoms with Gasteiger partial charge in [-0.2, -0.15) is 22.0 Å². The maximum atomic E-state index is 15.1. The Morgan fingerprint density at radius 2 is 1.58 bits per heavy atom. The molecule has 1 aliphatic carbocycles. The highest BCUT2D eigenvalue weighted by molar-refractivity contribution is 5.42. The maximum absolute atomic E-state index is 15.1. The average Bonchev–Trinajstić information content (AvgIpc) is 2.74. The Morgan fingerprint density at radius 3 is 2.12 bits per heavy atom. The van der Waals surface area contributed by atoms with Crippen molar-refractivity contribution in [2.75, 3.05) is 6.61 Å². The van der Waals surface area contributed by atoms with Crippen molar-refractivity contribution < 1.29 is 35.8 Å². The summed E-state index contributed by atoms with van der Waals surface area (Å²) in [5.41, 5.74) is -1.80. The van der Waals surface area contributed by atoms with Gasteiger partial charge in [0.15, 0.2) is 0 Å². The predicted octanol–water partition coefficient (Wildman–Crippen LogP) is 8.49. The van der Waals surface area contributed by atoms with Gasteiger partial charge in [-0.3, -0.25) is 0 Å². The molecule has 0 aromatic heterocycles. The molecule has 3 rings (SSSR count). The molecular formula is C25H34F6O2. The first kappa shape index (κ1) is 26.2. The van der Waals surface area contributed by atoms with Crippen molar-refractivity contribution in [1.82, 2.24) is 0 Å². The van der Waals surface area contributed by atoms with Crippen LogP contribution in [-0.2, 0) is 10.9 Å². The van der Waals surface area contributed by atoms with Crippen LogP contribution in [-0.4, -0.2) is 18.8 Å². The lowest BCUT2D eigenvalue weighted by atomic mass is 9.77. The third-order valence-electron chi connectivity index (χ3n) is 7.10. The summed E-state index contributed by atoms with van der Waals surface area (Å²) in [4.78, 5) is 0. The molecule has 1 saturated carbocycles. The largest absolute Gasteiger partial charge is 0.432 e. The molecule has 8 heteroatoms. The lowest BCUT2D eigenvalue weighted by Crippen LogP contribution is -2.42. The van der Waals surface area contributed by atoms with Crippen LogP contribution in [0.15, 0.2) is 12.1 Å². The van der Waals surface area contributed by atoms with E-state index in [4.69, 9.17) is 4.74 Å². The Bertz CT molecular complexity index is 763. The molecule has 0 radical (unpaired) electrons. The first-order valence-electron chi connectivity index (χ1n) is 12.1. The van der Waals surface area contributed by atoms with Crippen LogP contribution in [0, 0.1) is 17.7 Å². The maximum Gasteiger partial charge on any atom is 0.422 e. The topological polar surface area (TPSA) is 18.5 Å². The minimum atomic E-state index is -5.15. The van der Waals surface area contributed by atoms with E-state index in [1.165, 1.54) is 6.07 Å². The molecular weight excluding hydrogens is 446 g/mol. The zero-order chi connectivity index (χ0) is 24.2. The van der Waals surface area contributed by atoms with Gasteiger partial charge in [0.2, 0.25) is 0 Å². The number of hydrogen-bond donors (Lipinski definition) is 0. The summed E-state index contributed by atoms with van der Waals surface area (Å²) < 4.78 is 96.1. The second-order valence-corrected chi connectivity index (χ2v) is 9.53. The lowest BCUT2D eigenvalue weighted by molar-refractivity contribution is -0.243. The van der Waals surface area contributed by atoms with Crippen molar-refractivity contribution in [3.63, 3.8) is 0 Å². The Kier molecular flexibility index (Phi) is 8.62. The van der Waals surface area contributed by atoms with Gasteiger partial charge in [-0.15, -0.1) is 0 Å². The first-order chi connectivity index (χ1) is 15.6. The van der Waals surface area contributed by atoms with Gasteiger partial charge >= 0.3 is 12.3 Å². The fourth-order valence-electron chi connectivity index (χ4n) is 5.26. The van der Waals surface area contributed by atoms with Crippen molar-refractivity contribution in [2.24, 2.45) is 11.8 Å². The van der Waals surface area contributed by atoms with Gasteiger partial charge in [0.1, 0.15) is 17.1 Å². The van der Waals surface area contributed by atoms with Crippen LogP contribution in [0.2, 0.25) is 0 Å². The zero-order valence-corrected chi connectivity index (χ0v) is 19.3. The summed E-state index contributed by atoms with van der Waals surface area (Å²) in [5.74, 6) is -3.88. The number of benzene rings is 1. The Morgan fingerprint density at radius 1 is 0.909 bits per heavy atom. The van der Waals surface area contributed by atoms with Gasteiger partial charge in [0.25, 0.3) is 0 Å². The van der Waals surface area contributed by atoms with Crippen molar-refractivity contribution >= 4 is 0 Å². The van der Waals surface area contributed by atoms with Gasteiger partial charge in [-0.1, -0.05) is 39.2 Å². The molecule has 0 N–H and O–H groups in total. The van der Waals surface area contributed by atoms with E-state index in [1.54, 1.807) is 0 Å². The van der Waals surface area contributed by atoms with E-state index < -0.39 is 35.3 Å². The molecule has 1 saturated heterocycles. The fourth-order valence-corrected chi connectivity index (χ4v) is 5.26. The minimum Gasteiger partial charge on any atom is -0.432 e. The highest BCUT2D eigenvalue weighted by atomic mass is 19.4. The van der Waals surface area contributed by atoms with Crippen molar-refractivity contribution in [1.29, 1.82) is 0 Å². The van der Waals surface area contributed by atoms with E-state index >= 15 is 4.39 Å². The molecule has 0 bridgehead atoms. The van der Waals surface area contributed by atoms with Crippen LogP contribution in [0.3, 0.4) is 0 Å². The van der Waals surface area contributed by atoms with E-state index in [-0.39, 0.29) is 30.6 Å². The number of rotatable bonds is 8. The summed E-state index contributed by atoms with van der Waals surface area (Å²) in [7, 11) is 0. The van der Waals surface area contributed by atoms with Crippen LogP contribution < -0.4 is 4.74 Å². The van der Waals surface area contributed by atoms with E-state index in [0.29, 0.717) is 25.2 Å². The monoisotopic (exact) mass is 480 g/mol. The molecule has 0 spiro atoms. The first-order valence-corrected chi connectivity index (χ1v) is 12.1. The van der Waals surface area contributed by atoms with Gasteiger partial charge in [-0.25, -0.2) is 4.39 Å². The highest BCUT2D eigenvalue weighted by Gasteiger charge is 2.48. The Labute approximate surface area is 192 Å². The van der Waals surface area contributed by atoms with Crippen LogP contribution in [0.5, 0.6) is 5.75 Å². The summed E-state index contributed by atoms with van der Waals surface area (Å²) in [6.45, 7) is 3.74. The smallest absolute Gasteiger partial charge is 0.422 e. The molecule has 2 aliphatic rings. The van der Waals surface area contributed by atoms with E-state index in [0.717, 1.165) is 44.6 Å². The summed E-state index contributed by atoms with van der Waals surface area (Å²) in [5, 5.41) is 0. The van der Waals surface area contributed by atoms with E-state index in [2.05, 4.69) is 11.7 Å². The third-order valence-corrected chi connectivity index (χ3v) is 7.10. The number of alkyl halides is 5. The van der Waals surface area contributed by atoms with Gasteiger partial charge < -0.3 is 9.47 Å². The minimum absolute atomic E-state index is 0.0589. The zero-order valence-electron chi connectivity index (χ0n) is 19.3. The lowest BCUT2D eigenvalue weighted by Gasteiger charge is -2.34. The number of hydrogen-bond acceptors (Lipinski definition) is 2. The van der Waals surface area contributed by atoms with E-state index in [1.807, 2.05) is 6.92 Å². The highest BCUT2D eigenvalue weighted by Crippen LogP contribution is 2.46. The Hall–Kier alpha value is -1.44. The summed E-state index contributed by atoms with van der Waals surface area (Å²) in [6, 6.07) is 2.05. The molecule has 0 amide bonds. The molecule has 33 heavy (non-hydrogen) atoms. The molecule has 188 valence electrons. The van der Waals surface area contributed by atoms with Gasteiger partial charge in [-0.05, 0) is 68.4 Å². The quantitative estimate of drug-likeness (QED) is 0.347. The molecule has 1 heterocycles. The normalized spacial score (nSPS) is 26.9. The number of ether oxygens (including phenoxy) is 2. The van der Waals surface area contributed by atoms with Crippen molar-refractivity contribution in [2.45, 2.75) is 102 Å². The van der Waals surface area contributed by atoms with Gasteiger partial charge in [0.05, 0.1) is 18.6 Å². The summed E-state index contributed by atoms with van der Waals surface area (Å²) >= 11 is 0. The molecule has 1 aromatic carbocycles. The van der Waals surface area contributed by atoms with Crippen molar-refractivity contribution in [3.8, 4) is 5.75 Å². The SMILES string of the molecule is CCCC1CCC(c2ccc(OC(F)(F)C3CCC(CCC)OC3)c(C(F)(F)F)c2F)CC1. The van der Waals surface area contributed by atoms with Crippen LogP contribution >= 0.6 is 0 Å².